The Morgan fingerprint density at radius 3 is 2.45 bits per heavy atom. The molecule has 0 unspecified atom stereocenters. The fourth-order valence-electron chi connectivity index (χ4n) is 3.43. The SMILES string of the molecule is O=[N+]([O-])c1cc(-c2nnc(Nc3ccc(Br)cc3)s2)ccc1N1CCCCCC1. The molecule has 3 aromatic rings. The summed E-state index contributed by atoms with van der Waals surface area (Å²) in [7, 11) is 0. The summed E-state index contributed by atoms with van der Waals surface area (Å²) in [6.45, 7) is 1.72. The first-order valence-electron chi connectivity index (χ1n) is 9.50. The zero-order valence-corrected chi connectivity index (χ0v) is 18.1. The van der Waals surface area contributed by atoms with Gasteiger partial charge in [-0.15, -0.1) is 10.2 Å². The van der Waals surface area contributed by atoms with Crippen LogP contribution in [-0.2, 0) is 0 Å². The molecule has 0 radical (unpaired) electrons. The van der Waals surface area contributed by atoms with Gasteiger partial charge in [-0.3, -0.25) is 10.1 Å². The smallest absolute Gasteiger partial charge is 0.293 e. The first-order chi connectivity index (χ1) is 14.1. The van der Waals surface area contributed by atoms with Gasteiger partial charge in [-0.2, -0.15) is 0 Å². The van der Waals surface area contributed by atoms with E-state index in [0.29, 0.717) is 21.4 Å². The van der Waals surface area contributed by atoms with Crippen LogP contribution in [0.5, 0.6) is 0 Å². The van der Waals surface area contributed by atoms with Gasteiger partial charge in [0.05, 0.1) is 4.92 Å². The van der Waals surface area contributed by atoms with E-state index in [0.717, 1.165) is 36.1 Å². The van der Waals surface area contributed by atoms with E-state index in [2.05, 4.69) is 36.3 Å². The summed E-state index contributed by atoms with van der Waals surface area (Å²) < 4.78 is 0.998. The third-order valence-electron chi connectivity index (χ3n) is 4.89. The minimum Gasteiger partial charge on any atom is -0.366 e. The van der Waals surface area contributed by atoms with Gasteiger partial charge in [0.1, 0.15) is 10.7 Å². The molecule has 0 spiro atoms. The number of nitro groups is 1. The van der Waals surface area contributed by atoms with Crippen LogP contribution in [0, 0.1) is 10.1 Å². The third-order valence-corrected chi connectivity index (χ3v) is 6.30. The highest BCUT2D eigenvalue weighted by Gasteiger charge is 2.22. The van der Waals surface area contributed by atoms with Crippen LogP contribution >= 0.6 is 27.3 Å². The number of hydrogen-bond donors (Lipinski definition) is 1. The van der Waals surface area contributed by atoms with Gasteiger partial charge in [-0.25, -0.2) is 0 Å². The second-order valence-electron chi connectivity index (χ2n) is 6.91. The second kappa shape index (κ2) is 8.87. The van der Waals surface area contributed by atoms with E-state index >= 15 is 0 Å². The third kappa shape index (κ3) is 4.73. The molecule has 2 heterocycles. The lowest BCUT2D eigenvalue weighted by molar-refractivity contribution is -0.384. The van der Waals surface area contributed by atoms with Gasteiger partial charge in [0, 0.05) is 34.9 Å². The summed E-state index contributed by atoms with van der Waals surface area (Å²) in [5, 5.41) is 24.6. The topological polar surface area (TPSA) is 84.2 Å². The molecule has 7 nitrogen and oxygen atoms in total. The molecule has 1 aliphatic heterocycles. The number of nitro benzene ring substituents is 1. The minimum atomic E-state index is -0.300. The summed E-state index contributed by atoms with van der Waals surface area (Å²) in [5.74, 6) is 0. The molecule has 1 saturated heterocycles. The van der Waals surface area contributed by atoms with Gasteiger partial charge >= 0.3 is 0 Å². The highest BCUT2D eigenvalue weighted by atomic mass is 79.9. The van der Waals surface area contributed by atoms with Crippen LogP contribution in [-0.4, -0.2) is 28.2 Å². The Morgan fingerprint density at radius 2 is 1.76 bits per heavy atom. The molecule has 150 valence electrons. The Hall–Kier alpha value is -2.52. The van der Waals surface area contributed by atoms with E-state index < -0.39 is 0 Å². The van der Waals surface area contributed by atoms with Crippen molar-refractivity contribution < 1.29 is 4.92 Å². The largest absolute Gasteiger partial charge is 0.366 e. The Morgan fingerprint density at radius 1 is 1.03 bits per heavy atom. The van der Waals surface area contributed by atoms with E-state index in [1.165, 1.54) is 24.2 Å². The summed E-state index contributed by atoms with van der Waals surface area (Å²) in [6, 6.07) is 13.1. The molecule has 0 aliphatic carbocycles. The van der Waals surface area contributed by atoms with Crippen LogP contribution in [0.1, 0.15) is 25.7 Å². The highest BCUT2D eigenvalue weighted by molar-refractivity contribution is 9.10. The lowest BCUT2D eigenvalue weighted by atomic mass is 10.1. The quantitative estimate of drug-likeness (QED) is 0.361. The molecule has 2 aromatic carbocycles. The number of anilines is 3. The van der Waals surface area contributed by atoms with Gasteiger partial charge in [-0.05, 0) is 49.2 Å². The Balaban J connectivity index is 1.58. The summed E-state index contributed by atoms with van der Waals surface area (Å²) in [6.07, 6.45) is 4.50. The number of nitrogens with zero attached hydrogens (tertiary/aromatic N) is 4. The maximum atomic E-state index is 11.7. The summed E-state index contributed by atoms with van der Waals surface area (Å²) in [5.41, 5.74) is 2.43. The monoisotopic (exact) mass is 473 g/mol. The normalized spacial score (nSPS) is 14.4. The fraction of sp³-hybridized carbons (Fsp3) is 0.300. The zero-order valence-electron chi connectivity index (χ0n) is 15.7. The maximum absolute atomic E-state index is 11.7. The molecule has 29 heavy (non-hydrogen) atoms. The van der Waals surface area contributed by atoms with Gasteiger partial charge < -0.3 is 10.2 Å². The average molecular weight is 474 g/mol. The molecule has 1 aliphatic rings. The van der Waals surface area contributed by atoms with Gasteiger partial charge in [0.25, 0.3) is 5.69 Å². The lowest BCUT2D eigenvalue weighted by Crippen LogP contribution is -2.24. The van der Waals surface area contributed by atoms with Crippen LogP contribution < -0.4 is 10.2 Å². The van der Waals surface area contributed by atoms with Crippen molar-refractivity contribution in [1.82, 2.24) is 10.2 Å². The van der Waals surface area contributed by atoms with Crippen LogP contribution in [0.15, 0.2) is 46.9 Å². The standard InChI is InChI=1S/C20H20BrN5O2S/c21-15-6-8-16(9-7-15)22-20-24-23-19(29-20)14-5-10-17(18(13-14)26(27)28)25-11-3-1-2-4-12-25/h5-10,13H,1-4,11-12H2,(H,22,24). The molecule has 1 aromatic heterocycles. The Labute approximate surface area is 181 Å². The lowest BCUT2D eigenvalue weighted by Gasteiger charge is -2.22. The van der Waals surface area contributed by atoms with Crippen molar-refractivity contribution in [3.05, 3.63) is 57.1 Å². The second-order valence-corrected chi connectivity index (χ2v) is 8.80. The number of benzene rings is 2. The van der Waals surface area contributed by atoms with Crippen LogP contribution in [0.25, 0.3) is 10.6 Å². The molecule has 1 N–H and O–H groups in total. The van der Waals surface area contributed by atoms with Crippen LogP contribution in [0.3, 0.4) is 0 Å². The van der Waals surface area contributed by atoms with Crippen molar-refractivity contribution in [3.63, 3.8) is 0 Å². The highest BCUT2D eigenvalue weighted by Crippen LogP contribution is 2.36. The first-order valence-corrected chi connectivity index (χ1v) is 11.1. The Kier molecular flexibility index (Phi) is 6.05. The predicted molar refractivity (Wildman–Crippen MR) is 120 cm³/mol. The molecule has 0 amide bonds. The van der Waals surface area contributed by atoms with Crippen molar-refractivity contribution in [2.24, 2.45) is 0 Å². The predicted octanol–water partition coefficient (Wildman–Crippen LogP) is 6.00. The van der Waals surface area contributed by atoms with Crippen molar-refractivity contribution in [2.45, 2.75) is 25.7 Å². The zero-order chi connectivity index (χ0) is 20.2. The van der Waals surface area contributed by atoms with Crippen molar-refractivity contribution in [1.29, 1.82) is 0 Å². The van der Waals surface area contributed by atoms with E-state index in [-0.39, 0.29) is 10.6 Å². The number of hydrogen-bond acceptors (Lipinski definition) is 7. The van der Waals surface area contributed by atoms with Gasteiger partial charge in [0.15, 0.2) is 0 Å². The van der Waals surface area contributed by atoms with Crippen LogP contribution in [0.2, 0.25) is 0 Å². The van der Waals surface area contributed by atoms with Crippen LogP contribution in [0.4, 0.5) is 22.2 Å². The number of halogens is 1. The summed E-state index contributed by atoms with van der Waals surface area (Å²) in [4.78, 5) is 13.6. The van der Waals surface area contributed by atoms with E-state index in [4.69, 9.17) is 0 Å². The molecule has 1 fully saturated rings. The maximum Gasteiger partial charge on any atom is 0.293 e. The first kappa shape index (κ1) is 19.8. The Bertz CT molecular complexity index is 1000. The molecule has 9 heteroatoms. The van der Waals surface area contributed by atoms with Crippen molar-refractivity contribution >= 4 is 49.5 Å². The van der Waals surface area contributed by atoms with E-state index in [1.54, 1.807) is 6.07 Å². The minimum absolute atomic E-state index is 0.127. The number of nitrogens with one attached hydrogen (secondary N) is 1. The molecular weight excluding hydrogens is 454 g/mol. The molecule has 0 atom stereocenters. The van der Waals surface area contributed by atoms with Crippen molar-refractivity contribution in [3.8, 4) is 10.6 Å². The van der Waals surface area contributed by atoms with E-state index in [9.17, 15) is 10.1 Å². The van der Waals surface area contributed by atoms with E-state index in [1.807, 2.05) is 36.4 Å². The fourth-order valence-corrected chi connectivity index (χ4v) is 4.45. The van der Waals surface area contributed by atoms with Gasteiger partial charge in [0.2, 0.25) is 5.13 Å². The molecule has 0 bridgehead atoms. The average Bonchev–Trinajstić information content (AvgIpc) is 3.02. The van der Waals surface area contributed by atoms with Gasteiger partial charge in [-0.1, -0.05) is 40.1 Å². The molecule has 4 rings (SSSR count). The molecule has 0 saturated carbocycles. The number of rotatable bonds is 5. The van der Waals surface area contributed by atoms with Crippen molar-refractivity contribution in [2.75, 3.05) is 23.3 Å². The molecular formula is C20H20BrN5O2S. The number of aromatic nitrogens is 2. The summed E-state index contributed by atoms with van der Waals surface area (Å²) >= 11 is 4.78.